The summed E-state index contributed by atoms with van der Waals surface area (Å²) in [6.07, 6.45) is -5.13. The van der Waals surface area contributed by atoms with E-state index < -0.39 is 41.3 Å². The largest absolute Gasteiger partial charge is 0.416 e. The first-order chi connectivity index (χ1) is 11.2. The SMILES string of the molecule is COC(OC)[C@@H](C[N+](=O)[O-])[C@@H](C=O)Cc1cccc(C(F)(F)F)c1. The van der Waals surface area contributed by atoms with Crippen LogP contribution >= 0.6 is 0 Å². The van der Waals surface area contributed by atoms with Crippen molar-refractivity contribution >= 4 is 6.29 Å². The summed E-state index contributed by atoms with van der Waals surface area (Å²) in [5.41, 5.74) is -0.591. The molecule has 1 rings (SSSR count). The smallest absolute Gasteiger partial charge is 0.355 e. The van der Waals surface area contributed by atoms with Crippen LogP contribution in [0.5, 0.6) is 0 Å². The number of rotatable bonds is 9. The minimum Gasteiger partial charge on any atom is -0.355 e. The number of alkyl halides is 3. The highest BCUT2D eigenvalue weighted by Crippen LogP contribution is 2.30. The predicted molar refractivity (Wildman–Crippen MR) is 77.9 cm³/mol. The number of ether oxygens (including phenoxy) is 2. The average molecular weight is 349 g/mol. The lowest BCUT2D eigenvalue weighted by Gasteiger charge is -2.26. The molecule has 0 fully saturated rings. The Morgan fingerprint density at radius 2 is 1.92 bits per heavy atom. The molecule has 0 radical (unpaired) electrons. The molecule has 0 aliphatic heterocycles. The standard InChI is InChI=1S/C15H18F3NO5/c1-23-14(24-2)13(8-19(21)22)11(9-20)6-10-4-3-5-12(7-10)15(16,17)18/h3-5,7,9,11,13-14H,6,8H2,1-2H3/t11-,13+/m1/s1. The van der Waals surface area contributed by atoms with Gasteiger partial charge in [0.1, 0.15) is 6.29 Å². The predicted octanol–water partition coefficient (Wildman–Crippen LogP) is 2.57. The third-order valence-electron chi connectivity index (χ3n) is 3.62. The van der Waals surface area contributed by atoms with Crippen LogP contribution in [0.2, 0.25) is 0 Å². The minimum atomic E-state index is -4.51. The van der Waals surface area contributed by atoms with Gasteiger partial charge in [0.2, 0.25) is 6.54 Å². The molecule has 0 amide bonds. The maximum Gasteiger partial charge on any atom is 0.416 e. The summed E-state index contributed by atoms with van der Waals surface area (Å²) in [5, 5.41) is 10.8. The molecule has 9 heteroatoms. The van der Waals surface area contributed by atoms with Gasteiger partial charge in [0.25, 0.3) is 0 Å². The summed E-state index contributed by atoms with van der Waals surface area (Å²) in [6, 6.07) is 4.51. The van der Waals surface area contributed by atoms with E-state index in [1.54, 1.807) is 0 Å². The Labute approximate surface area is 136 Å². The van der Waals surface area contributed by atoms with E-state index in [2.05, 4.69) is 0 Å². The van der Waals surface area contributed by atoms with Crippen molar-refractivity contribution in [3.05, 3.63) is 45.5 Å². The fraction of sp³-hybridized carbons (Fsp3) is 0.533. The Kier molecular flexibility index (Phi) is 7.30. The van der Waals surface area contributed by atoms with E-state index in [0.29, 0.717) is 6.29 Å². The van der Waals surface area contributed by atoms with Crippen LogP contribution in [0.1, 0.15) is 11.1 Å². The van der Waals surface area contributed by atoms with Crippen molar-refractivity contribution in [2.24, 2.45) is 11.8 Å². The van der Waals surface area contributed by atoms with Gasteiger partial charge in [-0.3, -0.25) is 10.1 Å². The Morgan fingerprint density at radius 1 is 1.29 bits per heavy atom. The maximum absolute atomic E-state index is 12.8. The van der Waals surface area contributed by atoms with E-state index in [9.17, 15) is 28.1 Å². The lowest BCUT2D eigenvalue weighted by atomic mass is 9.86. The van der Waals surface area contributed by atoms with Crippen LogP contribution in [0.15, 0.2) is 24.3 Å². The van der Waals surface area contributed by atoms with Crippen molar-refractivity contribution in [2.45, 2.75) is 18.9 Å². The van der Waals surface area contributed by atoms with Gasteiger partial charge in [0.05, 0.1) is 11.5 Å². The monoisotopic (exact) mass is 349 g/mol. The molecule has 2 atom stereocenters. The van der Waals surface area contributed by atoms with E-state index in [1.165, 1.54) is 26.4 Å². The molecule has 0 aliphatic carbocycles. The molecule has 1 aromatic rings. The molecule has 0 aliphatic rings. The molecule has 0 aromatic heterocycles. The molecular weight excluding hydrogens is 331 g/mol. The van der Waals surface area contributed by atoms with E-state index in [1.807, 2.05) is 0 Å². The molecule has 0 unspecified atom stereocenters. The summed E-state index contributed by atoms with van der Waals surface area (Å²) in [4.78, 5) is 21.6. The fourth-order valence-corrected chi connectivity index (χ4v) is 2.49. The molecule has 0 saturated carbocycles. The lowest BCUT2D eigenvalue weighted by molar-refractivity contribution is -0.495. The molecule has 0 heterocycles. The van der Waals surface area contributed by atoms with Gasteiger partial charge in [-0.2, -0.15) is 13.2 Å². The van der Waals surface area contributed by atoms with Gasteiger partial charge in [-0.05, 0) is 18.1 Å². The zero-order chi connectivity index (χ0) is 18.3. The van der Waals surface area contributed by atoms with Gasteiger partial charge in [-0.1, -0.05) is 18.2 Å². The zero-order valence-corrected chi connectivity index (χ0v) is 13.2. The number of aldehydes is 1. The second-order valence-electron chi connectivity index (χ2n) is 5.22. The van der Waals surface area contributed by atoms with Gasteiger partial charge in [-0.25, -0.2) is 0 Å². The molecule has 134 valence electrons. The van der Waals surface area contributed by atoms with Crippen LogP contribution in [0.25, 0.3) is 0 Å². The van der Waals surface area contributed by atoms with Gasteiger partial charge in [-0.15, -0.1) is 0 Å². The summed E-state index contributed by atoms with van der Waals surface area (Å²) < 4.78 is 48.3. The molecule has 24 heavy (non-hydrogen) atoms. The number of nitrogens with zero attached hydrogens (tertiary/aromatic N) is 1. The third-order valence-corrected chi connectivity index (χ3v) is 3.62. The normalized spacial score (nSPS) is 14.4. The van der Waals surface area contributed by atoms with Crippen molar-refractivity contribution in [1.29, 1.82) is 0 Å². The van der Waals surface area contributed by atoms with Crippen molar-refractivity contribution in [1.82, 2.24) is 0 Å². The number of methoxy groups -OCH3 is 2. The molecular formula is C15H18F3NO5. The number of carbonyl (C=O) groups is 1. The van der Waals surface area contributed by atoms with E-state index in [0.717, 1.165) is 12.1 Å². The second-order valence-corrected chi connectivity index (χ2v) is 5.22. The van der Waals surface area contributed by atoms with Crippen LogP contribution < -0.4 is 0 Å². The van der Waals surface area contributed by atoms with Crippen molar-refractivity contribution in [3.8, 4) is 0 Å². The van der Waals surface area contributed by atoms with Crippen molar-refractivity contribution in [3.63, 3.8) is 0 Å². The van der Waals surface area contributed by atoms with Gasteiger partial charge < -0.3 is 14.3 Å². The summed E-state index contributed by atoms with van der Waals surface area (Å²) in [6.45, 7) is -0.602. The number of carbonyl (C=O) groups excluding carboxylic acids is 1. The van der Waals surface area contributed by atoms with Crippen molar-refractivity contribution < 1.29 is 32.4 Å². The molecule has 0 bridgehead atoms. The van der Waals surface area contributed by atoms with Crippen LogP contribution in [-0.2, 0) is 26.9 Å². The maximum atomic E-state index is 12.8. The van der Waals surface area contributed by atoms with E-state index in [4.69, 9.17) is 9.47 Å². The van der Waals surface area contributed by atoms with Crippen LogP contribution in [0.4, 0.5) is 13.2 Å². The first-order valence-corrected chi connectivity index (χ1v) is 7.01. The second kappa shape index (κ2) is 8.74. The highest BCUT2D eigenvalue weighted by Gasteiger charge is 2.35. The quantitative estimate of drug-likeness (QED) is 0.296. The Balaban J connectivity index is 3.06. The summed E-state index contributed by atoms with van der Waals surface area (Å²) in [5.74, 6) is -1.86. The van der Waals surface area contributed by atoms with Gasteiger partial charge in [0, 0.05) is 25.1 Å². The van der Waals surface area contributed by atoms with Crippen LogP contribution in [0.3, 0.4) is 0 Å². The number of benzene rings is 1. The van der Waals surface area contributed by atoms with Crippen LogP contribution in [-0.4, -0.2) is 38.3 Å². The van der Waals surface area contributed by atoms with E-state index >= 15 is 0 Å². The van der Waals surface area contributed by atoms with Gasteiger partial charge in [0.15, 0.2) is 6.29 Å². The molecule has 6 nitrogen and oxygen atoms in total. The minimum absolute atomic E-state index is 0.0881. The molecule has 0 N–H and O–H groups in total. The average Bonchev–Trinajstić information content (AvgIpc) is 2.52. The molecule has 0 spiro atoms. The summed E-state index contributed by atoms with van der Waals surface area (Å²) in [7, 11) is 2.54. The highest BCUT2D eigenvalue weighted by atomic mass is 19.4. The third kappa shape index (κ3) is 5.57. The number of nitro groups is 1. The molecule has 1 aromatic carbocycles. The Bertz CT molecular complexity index is 560. The number of hydrogen-bond donors (Lipinski definition) is 0. The summed E-state index contributed by atoms with van der Waals surface area (Å²) >= 11 is 0. The first kappa shape index (κ1) is 20.0. The lowest BCUT2D eigenvalue weighted by Crippen LogP contribution is -2.38. The topological polar surface area (TPSA) is 78.7 Å². The van der Waals surface area contributed by atoms with E-state index in [-0.39, 0.29) is 12.0 Å². The van der Waals surface area contributed by atoms with Gasteiger partial charge >= 0.3 is 6.18 Å². The Morgan fingerprint density at radius 3 is 2.38 bits per heavy atom. The number of hydrogen-bond acceptors (Lipinski definition) is 5. The Hall–Kier alpha value is -2.00. The number of halogens is 3. The fourth-order valence-electron chi connectivity index (χ4n) is 2.49. The van der Waals surface area contributed by atoms with Crippen LogP contribution in [0, 0.1) is 22.0 Å². The molecule has 0 saturated heterocycles. The highest BCUT2D eigenvalue weighted by molar-refractivity contribution is 5.55. The first-order valence-electron chi connectivity index (χ1n) is 7.01. The van der Waals surface area contributed by atoms with Crippen molar-refractivity contribution in [2.75, 3.05) is 20.8 Å². The zero-order valence-electron chi connectivity index (χ0n) is 13.2.